The van der Waals surface area contributed by atoms with E-state index in [0.29, 0.717) is 10.0 Å². The average molecular weight is 363 g/mol. The van der Waals surface area contributed by atoms with E-state index in [1.54, 1.807) is 0 Å². The highest BCUT2D eigenvalue weighted by molar-refractivity contribution is 9.10. The first-order valence-electron chi connectivity index (χ1n) is 5.98. The quantitative estimate of drug-likeness (QED) is 0.823. The van der Waals surface area contributed by atoms with Gasteiger partial charge in [0.05, 0.1) is 11.6 Å². The summed E-state index contributed by atoms with van der Waals surface area (Å²) in [6.07, 6.45) is -2.28. The molecular formula is C14H11BrF4N2. The average Bonchev–Trinajstić information content (AvgIpc) is 2.43. The van der Waals surface area contributed by atoms with E-state index < -0.39 is 23.6 Å². The van der Waals surface area contributed by atoms with Crippen LogP contribution in [-0.2, 0) is 6.18 Å². The zero-order valence-corrected chi connectivity index (χ0v) is 12.5. The van der Waals surface area contributed by atoms with Crippen molar-refractivity contribution in [2.24, 2.45) is 0 Å². The summed E-state index contributed by atoms with van der Waals surface area (Å²) in [5.74, 6) is -0.522. The fourth-order valence-corrected chi connectivity index (χ4v) is 2.58. The third kappa shape index (κ3) is 3.41. The van der Waals surface area contributed by atoms with Crippen LogP contribution in [0.2, 0.25) is 0 Å². The Balaban J connectivity index is 2.60. The second-order valence-corrected chi connectivity index (χ2v) is 5.20. The third-order valence-corrected chi connectivity index (χ3v) is 3.75. The van der Waals surface area contributed by atoms with Gasteiger partial charge in [0.1, 0.15) is 5.82 Å². The van der Waals surface area contributed by atoms with Crippen molar-refractivity contribution in [2.75, 3.05) is 7.05 Å². The number of benzene rings is 1. The predicted molar refractivity (Wildman–Crippen MR) is 74.2 cm³/mol. The fourth-order valence-electron chi connectivity index (χ4n) is 2.11. The van der Waals surface area contributed by atoms with Gasteiger partial charge in [-0.05, 0) is 36.9 Å². The Labute approximate surface area is 127 Å². The molecule has 112 valence electrons. The Morgan fingerprint density at radius 2 is 1.90 bits per heavy atom. The number of pyridine rings is 1. The van der Waals surface area contributed by atoms with E-state index in [0.717, 1.165) is 18.5 Å². The van der Waals surface area contributed by atoms with Crippen LogP contribution in [0.5, 0.6) is 0 Å². The number of hydrogen-bond acceptors (Lipinski definition) is 2. The van der Waals surface area contributed by atoms with E-state index >= 15 is 0 Å². The lowest BCUT2D eigenvalue weighted by Gasteiger charge is -2.22. The summed E-state index contributed by atoms with van der Waals surface area (Å²) in [4.78, 5) is 3.76. The number of alkyl halides is 3. The van der Waals surface area contributed by atoms with Crippen molar-refractivity contribution >= 4 is 15.9 Å². The van der Waals surface area contributed by atoms with Crippen molar-refractivity contribution in [3.63, 3.8) is 0 Å². The summed E-state index contributed by atoms with van der Waals surface area (Å²) in [5.41, 5.74) is -0.484. The van der Waals surface area contributed by atoms with Crippen molar-refractivity contribution < 1.29 is 17.6 Å². The molecule has 1 aromatic carbocycles. The van der Waals surface area contributed by atoms with Gasteiger partial charge in [-0.25, -0.2) is 4.39 Å². The lowest BCUT2D eigenvalue weighted by Crippen LogP contribution is -2.22. The van der Waals surface area contributed by atoms with Crippen molar-refractivity contribution in [1.82, 2.24) is 10.3 Å². The fraction of sp³-hybridized carbons (Fsp3) is 0.214. The van der Waals surface area contributed by atoms with Gasteiger partial charge in [-0.1, -0.05) is 15.9 Å². The maximum Gasteiger partial charge on any atom is 0.416 e. The van der Waals surface area contributed by atoms with Crippen LogP contribution in [0.4, 0.5) is 17.6 Å². The molecule has 0 aliphatic rings. The molecule has 0 amide bonds. The van der Waals surface area contributed by atoms with Crippen molar-refractivity contribution in [2.45, 2.75) is 12.2 Å². The van der Waals surface area contributed by atoms with E-state index in [1.165, 1.54) is 25.2 Å². The largest absolute Gasteiger partial charge is 0.416 e. The van der Waals surface area contributed by atoms with E-state index in [-0.39, 0.29) is 5.56 Å². The molecule has 2 nitrogen and oxygen atoms in total. The molecule has 2 rings (SSSR count). The van der Waals surface area contributed by atoms with Crippen LogP contribution in [0, 0.1) is 5.82 Å². The number of nitrogens with zero attached hydrogens (tertiary/aromatic N) is 1. The van der Waals surface area contributed by atoms with Crippen molar-refractivity contribution in [3.05, 3.63) is 63.6 Å². The van der Waals surface area contributed by atoms with E-state index in [2.05, 4.69) is 26.2 Å². The lowest BCUT2D eigenvalue weighted by molar-refractivity contribution is -0.138. The molecule has 1 N–H and O–H groups in total. The molecule has 1 atom stereocenters. The predicted octanol–water partition coefficient (Wildman–Crippen LogP) is 4.31. The topological polar surface area (TPSA) is 24.9 Å². The maximum absolute atomic E-state index is 13.4. The minimum absolute atomic E-state index is 0.0567. The lowest BCUT2D eigenvalue weighted by atomic mass is 9.96. The molecule has 1 unspecified atom stereocenters. The minimum Gasteiger partial charge on any atom is -0.309 e. The van der Waals surface area contributed by atoms with Gasteiger partial charge in [0.2, 0.25) is 0 Å². The Bertz CT molecular complexity index is 643. The van der Waals surface area contributed by atoms with Crippen LogP contribution >= 0.6 is 15.9 Å². The minimum atomic E-state index is -4.51. The highest BCUT2D eigenvalue weighted by Gasteiger charge is 2.35. The first-order chi connectivity index (χ1) is 9.84. The Morgan fingerprint density at radius 1 is 1.19 bits per heavy atom. The normalized spacial score (nSPS) is 13.2. The molecule has 0 saturated heterocycles. The first kappa shape index (κ1) is 15.9. The number of hydrogen-bond donors (Lipinski definition) is 1. The molecule has 21 heavy (non-hydrogen) atoms. The van der Waals surface area contributed by atoms with E-state index in [9.17, 15) is 17.6 Å². The molecule has 0 spiro atoms. The Kier molecular flexibility index (Phi) is 4.63. The maximum atomic E-state index is 13.4. The molecule has 0 aliphatic heterocycles. The zero-order valence-electron chi connectivity index (χ0n) is 10.9. The summed E-state index contributed by atoms with van der Waals surface area (Å²) < 4.78 is 53.2. The summed E-state index contributed by atoms with van der Waals surface area (Å²) >= 11 is 3.24. The van der Waals surface area contributed by atoms with Gasteiger partial charge in [-0.15, -0.1) is 0 Å². The molecule has 0 fully saturated rings. The molecule has 7 heteroatoms. The monoisotopic (exact) mass is 362 g/mol. The summed E-state index contributed by atoms with van der Waals surface area (Å²) in [7, 11) is 1.51. The van der Waals surface area contributed by atoms with Crippen molar-refractivity contribution in [1.29, 1.82) is 0 Å². The van der Waals surface area contributed by atoms with Crippen LogP contribution in [-0.4, -0.2) is 12.0 Å². The van der Waals surface area contributed by atoms with Gasteiger partial charge < -0.3 is 5.32 Å². The molecule has 0 bridgehead atoms. The molecule has 0 radical (unpaired) electrons. The van der Waals surface area contributed by atoms with Gasteiger partial charge in [0.25, 0.3) is 0 Å². The van der Waals surface area contributed by atoms with Crippen molar-refractivity contribution in [3.8, 4) is 0 Å². The molecule has 0 aliphatic carbocycles. The van der Waals surface area contributed by atoms with Crippen LogP contribution in [0.3, 0.4) is 0 Å². The first-order valence-corrected chi connectivity index (χ1v) is 6.77. The second-order valence-electron chi connectivity index (χ2n) is 4.35. The summed E-state index contributed by atoms with van der Waals surface area (Å²) in [6.45, 7) is 0. The Hall–Kier alpha value is -1.47. The van der Waals surface area contributed by atoms with Gasteiger partial charge in [0, 0.05) is 22.4 Å². The summed E-state index contributed by atoms with van der Waals surface area (Å²) in [6, 6.07) is 3.96. The SMILES string of the molecule is CNC(c1cc(F)ccc1Br)c1cnccc1C(F)(F)F. The molecule has 1 heterocycles. The van der Waals surface area contributed by atoms with Crippen LogP contribution < -0.4 is 5.32 Å². The van der Waals surface area contributed by atoms with Crippen LogP contribution in [0.1, 0.15) is 22.7 Å². The summed E-state index contributed by atoms with van der Waals surface area (Å²) in [5, 5.41) is 2.78. The van der Waals surface area contributed by atoms with Gasteiger partial charge >= 0.3 is 6.18 Å². The molecule has 0 saturated carbocycles. The van der Waals surface area contributed by atoms with Crippen LogP contribution in [0.15, 0.2) is 41.1 Å². The number of nitrogens with one attached hydrogen (secondary N) is 1. The number of rotatable bonds is 3. The van der Waals surface area contributed by atoms with E-state index in [4.69, 9.17) is 0 Å². The van der Waals surface area contributed by atoms with Gasteiger partial charge in [-0.2, -0.15) is 13.2 Å². The molecular weight excluding hydrogens is 352 g/mol. The highest BCUT2D eigenvalue weighted by atomic mass is 79.9. The zero-order chi connectivity index (χ0) is 15.6. The number of aromatic nitrogens is 1. The third-order valence-electron chi connectivity index (χ3n) is 3.03. The highest BCUT2D eigenvalue weighted by Crippen LogP contribution is 2.37. The Morgan fingerprint density at radius 3 is 2.52 bits per heavy atom. The number of halogens is 5. The van der Waals surface area contributed by atoms with Gasteiger partial charge in [0.15, 0.2) is 0 Å². The standard InChI is InChI=1S/C14H11BrF4N2/c1-20-13(9-6-8(16)2-3-12(9)15)10-7-21-5-4-11(10)14(17,18)19/h2-7,13,20H,1H3. The smallest absolute Gasteiger partial charge is 0.309 e. The van der Waals surface area contributed by atoms with Crippen LogP contribution in [0.25, 0.3) is 0 Å². The second kappa shape index (κ2) is 6.11. The van der Waals surface area contributed by atoms with Gasteiger partial charge in [-0.3, -0.25) is 4.98 Å². The van der Waals surface area contributed by atoms with E-state index in [1.807, 2.05) is 0 Å². The molecule has 2 aromatic rings. The molecule has 1 aromatic heterocycles.